The van der Waals surface area contributed by atoms with E-state index in [9.17, 15) is 13.2 Å². The zero-order valence-corrected chi connectivity index (χ0v) is 17.4. The lowest BCUT2D eigenvalue weighted by molar-refractivity contribution is -0.126. The van der Waals surface area contributed by atoms with Crippen LogP contribution in [0.2, 0.25) is 0 Å². The average Bonchev–Trinajstić information content (AvgIpc) is 2.72. The monoisotopic (exact) mass is 414 g/mol. The van der Waals surface area contributed by atoms with E-state index < -0.39 is 15.9 Å². The van der Waals surface area contributed by atoms with Gasteiger partial charge in [0.1, 0.15) is 0 Å². The molecule has 154 valence electrons. The van der Waals surface area contributed by atoms with Crippen molar-refractivity contribution in [3.8, 4) is 0 Å². The van der Waals surface area contributed by atoms with E-state index in [4.69, 9.17) is 5.73 Å². The summed E-state index contributed by atoms with van der Waals surface area (Å²) in [5.74, 6) is -0.724. The summed E-state index contributed by atoms with van der Waals surface area (Å²) in [7, 11) is -3.62. The summed E-state index contributed by atoms with van der Waals surface area (Å²) in [6, 6.07) is 14.0. The SMILES string of the molecule is C/C(=N/NC(=O)[C@@H]1CCCN(S(=O)(=O)c2ccc(C)cc2)C1)c1cccc(N)c1. The zero-order chi connectivity index (χ0) is 21.0. The van der Waals surface area contributed by atoms with Gasteiger partial charge in [-0.2, -0.15) is 9.41 Å². The Balaban J connectivity index is 1.67. The number of carbonyl (C=O) groups excluding carboxylic acids is 1. The lowest BCUT2D eigenvalue weighted by Crippen LogP contribution is -2.44. The number of piperidine rings is 1. The summed E-state index contributed by atoms with van der Waals surface area (Å²) in [5.41, 5.74) is 11.4. The fraction of sp³-hybridized carbons (Fsp3) is 0.333. The molecule has 0 radical (unpaired) electrons. The predicted molar refractivity (Wildman–Crippen MR) is 114 cm³/mol. The second kappa shape index (κ2) is 8.75. The van der Waals surface area contributed by atoms with Crippen LogP contribution in [-0.2, 0) is 14.8 Å². The number of sulfonamides is 1. The Hall–Kier alpha value is -2.71. The number of anilines is 1. The zero-order valence-electron chi connectivity index (χ0n) is 16.6. The van der Waals surface area contributed by atoms with Crippen molar-refractivity contribution in [2.24, 2.45) is 11.0 Å². The fourth-order valence-corrected chi connectivity index (χ4v) is 4.82. The second-order valence-corrected chi connectivity index (χ2v) is 9.25. The van der Waals surface area contributed by atoms with Gasteiger partial charge in [0, 0.05) is 18.8 Å². The first kappa shape index (κ1) is 21.0. The van der Waals surface area contributed by atoms with Crippen molar-refractivity contribution < 1.29 is 13.2 Å². The number of nitrogen functional groups attached to an aromatic ring is 1. The maximum Gasteiger partial charge on any atom is 0.244 e. The maximum atomic E-state index is 12.9. The lowest BCUT2D eigenvalue weighted by atomic mass is 9.99. The summed E-state index contributed by atoms with van der Waals surface area (Å²) in [4.78, 5) is 12.8. The highest BCUT2D eigenvalue weighted by Crippen LogP contribution is 2.24. The second-order valence-electron chi connectivity index (χ2n) is 7.31. The van der Waals surface area contributed by atoms with Crippen molar-refractivity contribution in [1.29, 1.82) is 0 Å². The van der Waals surface area contributed by atoms with Gasteiger partial charge in [-0.15, -0.1) is 0 Å². The molecule has 0 unspecified atom stereocenters. The molecule has 3 N–H and O–H groups in total. The van der Waals surface area contributed by atoms with Gasteiger partial charge in [0.2, 0.25) is 15.9 Å². The number of amides is 1. The summed E-state index contributed by atoms with van der Waals surface area (Å²) in [6.07, 6.45) is 1.25. The molecule has 3 rings (SSSR count). The molecule has 0 spiro atoms. The van der Waals surface area contributed by atoms with Crippen LogP contribution in [0.4, 0.5) is 5.69 Å². The molecule has 0 saturated carbocycles. The van der Waals surface area contributed by atoms with Gasteiger partial charge in [-0.05, 0) is 56.5 Å². The lowest BCUT2D eigenvalue weighted by Gasteiger charge is -2.30. The van der Waals surface area contributed by atoms with E-state index in [1.54, 1.807) is 43.3 Å². The smallest absolute Gasteiger partial charge is 0.244 e. The first-order chi connectivity index (χ1) is 13.8. The third-order valence-corrected chi connectivity index (χ3v) is 6.93. The van der Waals surface area contributed by atoms with Crippen molar-refractivity contribution in [2.75, 3.05) is 18.8 Å². The van der Waals surface area contributed by atoms with Crippen molar-refractivity contribution in [3.63, 3.8) is 0 Å². The van der Waals surface area contributed by atoms with Crippen molar-refractivity contribution in [3.05, 3.63) is 59.7 Å². The van der Waals surface area contributed by atoms with Crippen LogP contribution in [0.1, 0.15) is 30.9 Å². The number of aryl methyl sites for hydroxylation is 1. The molecule has 7 nitrogen and oxygen atoms in total. The minimum atomic E-state index is -3.62. The highest BCUT2D eigenvalue weighted by molar-refractivity contribution is 7.89. The van der Waals surface area contributed by atoms with Gasteiger partial charge >= 0.3 is 0 Å². The Morgan fingerprint density at radius 3 is 2.62 bits per heavy atom. The van der Waals surface area contributed by atoms with Crippen LogP contribution in [0.3, 0.4) is 0 Å². The van der Waals surface area contributed by atoms with E-state index >= 15 is 0 Å². The van der Waals surface area contributed by atoms with Crippen LogP contribution in [-0.4, -0.2) is 37.4 Å². The number of nitrogens with one attached hydrogen (secondary N) is 1. The van der Waals surface area contributed by atoms with Crippen LogP contribution in [0.15, 0.2) is 58.5 Å². The summed E-state index contributed by atoms with van der Waals surface area (Å²) in [5, 5.41) is 4.16. The van der Waals surface area contributed by atoms with Gasteiger partial charge < -0.3 is 5.73 Å². The molecule has 1 amide bonds. The molecular weight excluding hydrogens is 388 g/mol. The highest BCUT2D eigenvalue weighted by Gasteiger charge is 2.33. The number of hydrazone groups is 1. The molecule has 1 heterocycles. The van der Waals surface area contributed by atoms with E-state index in [1.807, 2.05) is 19.1 Å². The van der Waals surface area contributed by atoms with Crippen LogP contribution >= 0.6 is 0 Å². The van der Waals surface area contributed by atoms with Crippen LogP contribution in [0.25, 0.3) is 0 Å². The average molecular weight is 415 g/mol. The number of rotatable bonds is 5. The minimum Gasteiger partial charge on any atom is -0.399 e. The fourth-order valence-electron chi connectivity index (χ4n) is 3.29. The molecule has 0 aromatic heterocycles. The van der Waals surface area contributed by atoms with Crippen LogP contribution in [0.5, 0.6) is 0 Å². The van der Waals surface area contributed by atoms with E-state index in [1.165, 1.54) is 4.31 Å². The first-order valence-electron chi connectivity index (χ1n) is 9.54. The van der Waals surface area contributed by atoms with Gasteiger partial charge in [0.05, 0.1) is 16.5 Å². The Labute approximate surface area is 171 Å². The molecule has 1 fully saturated rings. The number of nitrogens with zero attached hydrogens (tertiary/aromatic N) is 2. The highest BCUT2D eigenvalue weighted by atomic mass is 32.2. The molecule has 1 saturated heterocycles. The largest absolute Gasteiger partial charge is 0.399 e. The van der Waals surface area contributed by atoms with Crippen LogP contribution < -0.4 is 11.2 Å². The molecule has 1 atom stereocenters. The molecule has 0 aliphatic carbocycles. The quantitative estimate of drug-likeness (QED) is 0.445. The standard InChI is InChI=1S/C21H26N4O3S/c1-15-8-10-20(11-9-15)29(27,28)25-12-4-6-18(14-25)21(26)24-23-16(2)17-5-3-7-19(22)13-17/h3,5,7-11,13,18H,4,6,12,14,22H2,1-2H3,(H,24,26)/b23-16-/t18-/m1/s1. The van der Waals surface area contributed by atoms with Gasteiger partial charge in [-0.3, -0.25) is 4.79 Å². The minimum absolute atomic E-state index is 0.148. The number of hydrogen-bond donors (Lipinski definition) is 2. The Morgan fingerprint density at radius 2 is 1.93 bits per heavy atom. The molecule has 29 heavy (non-hydrogen) atoms. The predicted octanol–water partition coefficient (Wildman–Crippen LogP) is 2.52. The molecule has 0 bridgehead atoms. The van der Waals surface area contributed by atoms with Crippen molar-refractivity contribution >= 4 is 27.3 Å². The van der Waals surface area contributed by atoms with E-state index in [0.29, 0.717) is 30.8 Å². The maximum absolute atomic E-state index is 12.9. The number of benzene rings is 2. The van der Waals surface area contributed by atoms with Crippen molar-refractivity contribution in [2.45, 2.75) is 31.6 Å². The van der Waals surface area contributed by atoms with Crippen molar-refractivity contribution in [1.82, 2.24) is 9.73 Å². The molecular formula is C21H26N4O3S. The number of nitrogens with two attached hydrogens (primary N) is 1. The summed E-state index contributed by atoms with van der Waals surface area (Å²) in [6.45, 7) is 4.24. The number of carbonyl (C=O) groups is 1. The van der Waals surface area contributed by atoms with Gasteiger partial charge in [0.25, 0.3) is 0 Å². The third-order valence-electron chi connectivity index (χ3n) is 5.05. The summed E-state index contributed by atoms with van der Waals surface area (Å²) < 4.78 is 27.2. The Kier molecular flexibility index (Phi) is 6.34. The first-order valence-corrected chi connectivity index (χ1v) is 11.0. The summed E-state index contributed by atoms with van der Waals surface area (Å²) >= 11 is 0. The topological polar surface area (TPSA) is 105 Å². The molecule has 1 aliphatic rings. The van der Waals surface area contributed by atoms with Gasteiger partial charge in [-0.1, -0.05) is 29.8 Å². The van der Waals surface area contributed by atoms with E-state index in [0.717, 1.165) is 11.1 Å². The Morgan fingerprint density at radius 1 is 1.21 bits per heavy atom. The van der Waals surface area contributed by atoms with E-state index in [2.05, 4.69) is 10.5 Å². The van der Waals surface area contributed by atoms with E-state index in [-0.39, 0.29) is 17.3 Å². The molecule has 2 aromatic carbocycles. The van der Waals surface area contributed by atoms with Gasteiger partial charge in [0.15, 0.2) is 0 Å². The van der Waals surface area contributed by atoms with Crippen LogP contribution in [0, 0.1) is 12.8 Å². The van der Waals surface area contributed by atoms with Gasteiger partial charge in [-0.25, -0.2) is 13.8 Å². The normalized spacial score (nSPS) is 18.4. The molecule has 2 aromatic rings. The third kappa shape index (κ3) is 5.02. The molecule has 1 aliphatic heterocycles. The number of hydrogen-bond acceptors (Lipinski definition) is 5. The molecule has 8 heteroatoms. The Bertz CT molecular complexity index is 1020.